The van der Waals surface area contributed by atoms with Crippen LogP contribution in [0.25, 0.3) is 0 Å². The molecule has 0 rings (SSSR count). The second kappa shape index (κ2) is 5.89. The maximum absolute atomic E-state index is 12.0. The SMILES string of the molecule is CSCC(C)(C)CC(C)(C)C(=O)C(C)I. The van der Waals surface area contributed by atoms with E-state index in [4.69, 9.17) is 0 Å². The smallest absolute Gasteiger partial charge is 0.150 e. The molecule has 0 aromatic rings. The number of carbonyl (C=O) groups excluding carboxylic acids is 1. The highest BCUT2D eigenvalue weighted by Gasteiger charge is 2.35. The molecular formula is C12H23IOS. The number of carbonyl (C=O) groups is 1. The number of ketones is 1. The molecule has 0 aliphatic rings. The van der Waals surface area contributed by atoms with E-state index in [0.717, 1.165) is 12.2 Å². The van der Waals surface area contributed by atoms with Crippen molar-refractivity contribution in [2.24, 2.45) is 10.8 Å². The quantitative estimate of drug-likeness (QED) is 0.532. The first kappa shape index (κ1) is 15.8. The molecule has 0 N–H and O–H groups in total. The van der Waals surface area contributed by atoms with E-state index in [0.29, 0.717) is 5.78 Å². The average Bonchev–Trinajstić information content (AvgIpc) is 2.00. The van der Waals surface area contributed by atoms with Crippen molar-refractivity contribution in [3.05, 3.63) is 0 Å². The van der Waals surface area contributed by atoms with Crippen LogP contribution in [-0.4, -0.2) is 21.7 Å². The zero-order valence-electron chi connectivity index (χ0n) is 10.7. The Kier molecular flexibility index (Phi) is 6.19. The number of alkyl halides is 1. The first-order valence-electron chi connectivity index (χ1n) is 5.30. The minimum absolute atomic E-state index is 0.114. The van der Waals surface area contributed by atoms with Crippen LogP contribution in [0.15, 0.2) is 0 Å². The van der Waals surface area contributed by atoms with E-state index < -0.39 is 0 Å². The maximum Gasteiger partial charge on any atom is 0.150 e. The molecule has 15 heavy (non-hydrogen) atoms. The Labute approximate surface area is 112 Å². The largest absolute Gasteiger partial charge is 0.298 e. The molecule has 0 saturated carbocycles. The summed E-state index contributed by atoms with van der Waals surface area (Å²) in [6.07, 6.45) is 3.09. The van der Waals surface area contributed by atoms with Gasteiger partial charge in [-0.05, 0) is 30.8 Å². The zero-order valence-corrected chi connectivity index (χ0v) is 13.7. The van der Waals surface area contributed by atoms with Crippen LogP contribution in [0, 0.1) is 10.8 Å². The van der Waals surface area contributed by atoms with Crippen molar-refractivity contribution in [1.82, 2.24) is 0 Å². The number of Topliss-reactive ketones (excluding diaryl/α,β-unsaturated/α-hetero) is 1. The minimum atomic E-state index is -0.195. The average molecular weight is 342 g/mol. The molecule has 0 aromatic heterocycles. The minimum Gasteiger partial charge on any atom is -0.298 e. The summed E-state index contributed by atoms with van der Waals surface area (Å²) in [5, 5.41) is 0. The summed E-state index contributed by atoms with van der Waals surface area (Å²) in [6.45, 7) is 10.6. The van der Waals surface area contributed by atoms with Gasteiger partial charge in [0, 0.05) is 5.41 Å². The van der Waals surface area contributed by atoms with Gasteiger partial charge in [0.15, 0.2) is 5.78 Å². The van der Waals surface area contributed by atoms with Gasteiger partial charge >= 0.3 is 0 Å². The lowest BCUT2D eigenvalue weighted by atomic mass is 9.73. The lowest BCUT2D eigenvalue weighted by Crippen LogP contribution is -2.35. The van der Waals surface area contributed by atoms with Crippen LogP contribution < -0.4 is 0 Å². The van der Waals surface area contributed by atoms with Gasteiger partial charge < -0.3 is 0 Å². The van der Waals surface area contributed by atoms with Crippen LogP contribution >= 0.6 is 34.4 Å². The van der Waals surface area contributed by atoms with E-state index in [1.54, 1.807) is 0 Å². The van der Waals surface area contributed by atoms with Crippen LogP contribution in [-0.2, 0) is 4.79 Å². The van der Waals surface area contributed by atoms with Gasteiger partial charge in [-0.1, -0.05) is 50.3 Å². The summed E-state index contributed by atoms with van der Waals surface area (Å²) in [6, 6.07) is 0. The molecule has 1 unspecified atom stereocenters. The first-order chi connectivity index (χ1) is 6.62. The molecule has 0 aromatic carbocycles. The molecule has 0 aliphatic carbocycles. The van der Waals surface area contributed by atoms with Gasteiger partial charge in [-0.3, -0.25) is 4.79 Å². The van der Waals surface area contributed by atoms with Gasteiger partial charge in [-0.15, -0.1) is 0 Å². The third kappa shape index (κ3) is 5.57. The molecule has 0 aliphatic heterocycles. The Balaban J connectivity index is 4.56. The van der Waals surface area contributed by atoms with Crippen LogP contribution in [0.1, 0.15) is 41.0 Å². The molecule has 0 radical (unpaired) electrons. The first-order valence-corrected chi connectivity index (χ1v) is 7.94. The fourth-order valence-corrected chi connectivity index (χ4v) is 3.99. The highest BCUT2D eigenvalue weighted by molar-refractivity contribution is 14.1. The maximum atomic E-state index is 12.0. The van der Waals surface area contributed by atoms with E-state index in [2.05, 4.69) is 56.5 Å². The third-order valence-electron chi connectivity index (χ3n) is 2.48. The van der Waals surface area contributed by atoms with E-state index >= 15 is 0 Å². The van der Waals surface area contributed by atoms with Crippen molar-refractivity contribution < 1.29 is 4.79 Å². The standard InChI is InChI=1S/C12H23IOS/c1-9(13)10(14)12(4,5)7-11(2,3)8-15-6/h9H,7-8H2,1-6H3. The topological polar surface area (TPSA) is 17.1 Å². The van der Waals surface area contributed by atoms with E-state index in [1.165, 1.54) is 0 Å². The zero-order chi connectivity index (χ0) is 12.3. The van der Waals surface area contributed by atoms with Crippen molar-refractivity contribution in [1.29, 1.82) is 0 Å². The van der Waals surface area contributed by atoms with Gasteiger partial charge in [0.05, 0.1) is 3.92 Å². The lowest BCUT2D eigenvalue weighted by Gasteiger charge is -2.34. The molecule has 0 fully saturated rings. The van der Waals surface area contributed by atoms with Gasteiger partial charge in [0.2, 0.25) is 0 Å². The van der Waals surface area contributed by atoms with Crippen LogP contribution in [0.2, 0.25) is 0 Å². The molecule has 3 heteroatoms. The number of halogens is 1. The predicted molar refractivity (Wildman–Crippen MR) is 79.1 cm³/mol. The van der Waals surface area contributed by atoms with E-state index in [1.807, 2.05) is 18.7 Å². The number of thioether (sulfide) groups is 1. The number of hydrogen-bond acceptors (Lipinski definition) is 2. The Hall–Kier alpha value is 0.750. The Morgan fingerprint density at radius 1 is 1.33 bits per heavy atom. The van der Waals surface area contributed by atoms with Gasteiger partial charge in [0.25, 0.3) is 0 Å². The monoisotopic (exact) mass is 342 g/mol. The second-order valence-electron chi connectivity index (χ2n) is 5.64. The fourth-order valence-electron chi connectivity index (χ4n) is 2.26. The molecular weight excluding hydrogens is 319 g/mol. The van der Waals surface area contributed by atoms with Gasteiger partial charge in [-0.2, -0.15) is 11.8 Å². The van der Waals surface area contributed by atoms with Crippen LogP contribution in [0.4, 0.5) is 0 Å². The fraction of sp³-hybridized carbons (Fsp3) is 0.917. The van der Waals surface area contributed by atoms with Crippen molar-refractivity contribution in [2.75, 3.05) is 12.0 Å². The molecule has 90 valence electrons. The lowest BCUT2D eigenvalue weighted by molar-refractivity contribution is -0.127. The summed E-state index contributed by atoms with van der Waals surface area (Å²) in [7, 11) is 0. The summed E-state index contributed by atoms with van der Waals surface area (Å²) in [4.78, 5) is 12.0. The molecule has 0 amide bonds. The number of hydrogen-bond donors (Lipinski definition) is 0. The summed E-state index contributed by atoms with van der Waals surface area (Å²) in [5.74, 6) is 1.48. The second-order valence-corrected chi connectivity index (χ2v) is 8.37. The highest BCUT2D eigenvalue weighted by atomic mass is 127. The molecule has 1 atom stereocenters. The predicted octanol–water partition coefficient (Wildman–Crippen LogP) is 4.18. The number of rotatable bonds is 6. The molecule has 0 bridgehead atoms. The van der Waals surface area contributed by atoms with Crippen molar-refractivity contribution >= 4 is 40.1 Å². The Morgan fingerprint density at radius 3 is 2.13 bits per heavy atom. The highest BCUT2D eigenvalue weighted by Crippen LogP contribution is 2.37. The molecule has 0 spiro atoms. The van der Waals surface area contributed by atoms with Crippen molar-refractivity contribution in [3.8, 4) is 0 Å². The molecule has 1 nitrogen and oxygen atoms in total. The van der Waals surface area contributed by atoms with Crippen LogP contribution in [0.3, 0.4) is 0 Å². The Bertz CT molecular complexity index is 222. The summed E-state index contributed by atoms with van der Waals surface area (Å²) in [5.41, 5.74) is 0.0456. The molecule has 0 heterocycles. The van der Waals surface area contributed by atoms with Crippen molar-refractivity contribution in [3.63, 3.8) is 0 Å². The normalized spacial score (nSPS) is 15.1. The Morgan fingerprint density at radius 2 is 1.80 bits per heavy atom. The summed E-state index contributed by atoms with van der Waals surface area (Å²) < 4.78 is 0.114. The van der Waals surface area contributed by atoms with E-state index in [-0.39, 0.29) is 14.8 Å². The van der Waals surface area contributed by atoms with Crippen LogP contribution in [0.5, 0.6) is 0 Å². The van der Waals surface area contributed by atoms with E-state index in [9.17, 15) is 4.79 Å². The summed E-state index contributed by atoms with van der Waals surface area (Å²) >= 11 is 4.07. The molecule has 0 saturated heterocycles. The van der Waals surface area contributed by atoms with Gasteiger partial charge in [0.1, 0.15) is 0 Å². The van der Waals surface area contributed by atoms with Crippen molar-refractivity contribution in [2.45, 2.75) is 45.0 Å². The third-order valence-corrected chi connectivity index (χ3v) is 4.12. The van der Waals surface area contributed by atoms with Gasteiger partial charge in [-0.25, -0.2) is 0 Å².